The molecule has 0 atom stereocenters. The van der Waals surface area contributed by atoms with Crippen molar-refractivity contribution in [3.05, 3.63) is 94.5 Å². The van der Waals surface area contributed by atoms with Gasteiger partial charge in [0.05, 0.1) is 16.8 Å². The van der Waals surface area contributed by atoms with Crippen molar-refractivity contribution in [2.75, 3.05) is 13.2 Å². The summed E-state index contributed by atoms with van der Waals surface area (Å²) < 4.78 is 12.2. The maximum Gasteiger partial charge on any atom is 0.339 e. The predicted octanol–water partition coefficient (Wildman–Crippen LogP) is 6.21. The molecule has 0 aliphatic heterocycles. The Kier molecular flexibility index (Phi) is 6.10. The molecule has 1 heterocycles. The van der Waals surface area contributed by atoms with Crippen molar-refractivity contribution in [3.63, 3.8) is 0 Å². The highest BCUT2D eigenvalue weighted by molar-refractivity contribution is 9.10. The van der Waals surface area contributed by atoms with E-state index in [2.05, 4.69) is 15.9 Å². The lowest BCUT2D eigenvalue weighted by Gasteiger charge is -2.14. The van der Waals surface area contributed by atoms with E-state index >= 15 is 0 Å². The van der Waals surface area contributed by atoms with Crippen LogP contribution in [0.4, 0.5) is 0 Å². The Morgan fingerprint density at radius 2 is 1.70 bits per heavy atom. The largest absolute Gasteiger partial charge is 0.490 e. The van der Waals surface area contributed by atoms with Gasteiger partial charge in [-0.3, -0.25) is 0 Å². The van der Waals surface area contributed by atoms with E-state index in [-0.39, 0.29) is 19.2 Å². The zero-order valence-corrected chi connectivity index (χ0v) is 18.1. The van der Waals surface area contributed by atoms with E-state index in [4.69, 9.17) is 14.5 Å². The third-order valence-electron chi connectivity index (χ3n) is 4.77. The number of benzene rings is 3. The van der Waals surface area contributed by atoms with Gasteiger partial charge in [0, 0.05) is 15.4 Å². The Morgan fingerprint density at radius 3 is 2.50 bits per heavy atom. The van der Waals surface area contributed by atoms with Crippen molar-refractivity contribution in [3.8, 4) is 17.0 Å². The highest BCUT2D eigenvalue weighted by Crippen LogP contribution is 2.30. The number of carbonyl (C=O) groups excluding carboxylic acids is 1. The molecule has 0 radical (unpaired) electrons. The van der Waals surface area contributed by atoms with E-state index in [1.165, 1.54) is 0 Å². The fourth-order valence-corrected chi connectivity index (χ4v) is 3.75. The molecule has 5 heteroatoms. The zero-order chi connectivity index (χ0) is 20.9. The number of fused-ring (bicyclic) bond motifs is 1. The van der Waals surface area contributed by atoms with Gasteiger partial charge in [-0.2, -0.15) is 0 Å². The number of hydrogen-bond acceptors (Lipinski definition) is 4. The number of pyridine rings is 1. The number of halogens is 1. The molecule has 0 saturated heterocycles. The minimum absolute atomic E-state index is 0.155. The zero-order valence-electron chi connectivity index (χ0n) is 16.5. The summed E-state index contributed by atoms with van der Waals surface area (Å²) >= 11 is 3.41. The first-order valence-electron chi connectivity index (χ1n) is 9.64. The van der Waals surface area contributed by atoms with Crippen LogP contribution in [0.1, 0.15) is 15.9 Å². The van der Waals surface area contributed by atoms with Gasteiger partial charge in [-0.1, -0.05) is 70.5 Å². The van der Waals surface area contributed by atoms with Crippen LogP contribution in [0, 0.1) is 6.92 Å². The summed E-state index contributed by atoms with van der Waals surface area (Å²) in [4.78, 5) is 17.8. The average molecular weight is 462 g/mol. The molecule has 0 aliphatic carbocycles. The molecule has 150 valence electrons. The first kappa shape index (κ1) is 20.1. The van der Waals surface area contributed by atoms with Gasteiger partial charge in [0.15, 0.2) is 0 Å². The minimum atomic E-state index is -0.374. The normalized spacial score (nSPS) is 10.7. The smallest absolute Gasteiger partial charge is 0.339 e. The topological polar surface area (TPSA) is 48.4 Å². The quantitative estimate of drug-likeness (QED) is 0.253. The molecule has 30 heavy (non-hydrogen) atoms. The third-order valence-corrected chi connectivity index (χ3v) is 5.26. The lowest BCUT2D eigenvalue weighted by Crippen LogP contribution is -2.14. The van der Waals surface area contributed by atoms with E-state index in [9.17, 15) is 4.79 Å². The van der Waals surface area contributed by atoms with Crippen molar-refractivity contribution in [1.82, 2.24) is 4.98 Å². The van der Waals surface area contributed by atoms with Crippen molar-refractivity contribution in [2.24, 2.45) is 0 Å². The molecule has 0 unspecified atom stereocenters. The number of ether oxygens (including phenoxy) is 2. The van der Waals surface area contributed by atoms with E-state index in [0.29, 0.717) is 5.56 Å². The van der Waals surface area contributed by atoms with Gasteiger partial charge in [0.1, 0.15) is 19.0 Å². The number of rotatable bonds is 6. The Bertz CT molecular complexity index is 1190. The maximum absolute atomic E-state index is 13.0. The molecule has 4 nitrogen and oxygen atoms in total. The molecule has 0 fully saturated rings. The first-order valence-corrected chi connectivity index (χ1v) is 10.4. The monoisotopic (exact) mass is 461 g/mol. The average Bonchev–Trinajstić information content (AvgIpc) is 2.77. The summed E-state index contributed by atoms with van der Waals surface area (Å²) in [6.45, 7) is 2.34. The van der Waals surface area contributed by atoms with Gasteiger partial charge >= 0.3 is 5.97 Å². The molecule has 1 aromatic heterocycles. The van der Waals surface area contributed by atoms with Crippen LogP contribution in [-0.2, 0) is 4.74 Å². The van der Waals surface area contributed by atoms with Crippen molar-refractivity contribution < 1.29 is 14.3 Å². The van der Waals surface area contributed by atoms with E-state index in [1.54, 1.807) is 0 Å². The van der Waals surface area contributed by atoms with Crippen LogP contribution >= 0.6 is 15.9 Å². The number of aromatic nitrogens is 1. The van der Waals surface area contributed by atoms with Gasteiger partial charge < -0.3 is 9.47 Å². The Morgan fingerprint density at radius 1 is 0.933 bits per heavy atom. The second-order valence-electron chi connectivity index (χ2n) is 6.79. The Hall–Kier alpha value is -3.18. The molecule has 4 rings (SSSR count). The first-order chi connectivity index (χ1) is 14.6. The molecule has 4 aromatic rings. The van der Waals surface area contributed by atoms with Gasteiger partial charge in [-0.15, -0.1) is 0 Å². The number of esters is 1. The number of para-hydroxylation sites is 1. The molecule has 0 N–H and O–H groups in total. The maximum atomic E-state index is 13.0. The molecule has 0 saturated carbocycles. The molecule has 3 aromatic carbocycles. The van der Waals surface area contributed by atoms with Crippen LogP contribution in [0.15, 0.2) is 83.3 Å². The second kappa shape index (κ2) is 9.09. The Labute approximate surface area is 183 Å². The van der Waals surface area contributed by atoms with E-state index < -0.39 is 0 Å². The lowest BCUT2D eigenvalue weighted by molar-refractivity contribution is 0.0452. The summed E-state index contributed by atoms with van der Waals surface area (Å²) in [6.07, 6.45) is 0. The summed E-state index contributed by atoms with van der Waals surface area (Å²) in [5.41, 5.74) is 3.86. The predicted molar refractivity (Wildman–Crippen MR) is 122 cm³/mol. The molecule has 0 aliphatic rings. The minimum Gasteiger partial charge on any atom is -0.490 e. The highest BCUT2D eigenvalue weighted by atomic mass is 79.9. The van der Waals surface area contributed by atoms with Crippen LogP contribution in [0.2, 0.25) is 0 Å². The van der Waals surface area contributed by atoms with Crippen molar-refractivity contribution in [1.29, 1.82) is 0 Å². The molecule has 0 amide bonds. The van der Waals surface area contributed by atoms with Gasteiger partial charge in [0.25, 0.3) is 0 Å². The SMILES string of the molecule is Cc1c(-c2ccccc2)nc2ccccc2c1C(=O)OCCOc1cccc(Br)c1. The lowest BCUT2D eigenvalue weighted by atomic mass is 9.98. The fraction of sp³-hybridized carbons (Fsp3) is 0.120. The molecule has 0 spiro atoms. The Balaban J connectivity index is 1.57. The van der Waals surface area contributed by atoms with Crippen molar-refractivity contribution >= 4 is 32.8 Å². The van der Waals surface area contributed by atoms with Crippen LogP contribution in [0.5, 0.6) is 5.75 Å². The van der Waals surface area contributed by atoms with Crippen molar-refractivity contribution in [2.45, 2.75) is 6.92 Å². The molecular formula is C25H20BrNO3. The van der Waals surface area contributed by atoms with Crippen LogP contribution < -0.4 is 4.74 Å². The summed E-state index contributed by atoms with van der Waals surface area (Å²) in [7, 11) is 0. The van der Waals surface area contributed by atoms with E-state index in [1.807, 2.05) is 85.8 Å². The number of nitrogens with zero attached hydrogens (tertiary/aromatic N) is 1. The fourth-order valence-electron chi connectivity index (χ4n) is 3.37. The van der Waals surface area contributed by atoms with Gasteiger partial charge in [-0.25, -0.2) is 9.78 Å². The number of carbonyl (C=O) groups is 1. The van der Waals surface area contributed by atoms with Crippen LogP contribution in [0.25, 0.3) is 22.2 Å². The summed E-state index contributed by atoms with van der Waals surface area (Å²) in [5.74, 6) is 0.346. The van der Waals surface area contributed by atoms with Gasteiger partial charge in [-0.05, 0) is 36.8 Å². The summed E-state index contributed by atoms with van der Waals surface area (Å²) in [6, 6.07) is 25.0. The van der Waals surface area contributed by atoms with Crippen LogP contribution in [-0.4, -0.2) is 24.2 Å². The third kappa shape index (κ3) is 4.36. The van der Waals surface area contributed by atoms with Crippen LogP contribution in [0.3, 0.4) is 0 Å². The second-order valence-corrected chi connectivity index (χ2v) is 7.70. The van der Waals surface area contributed by atoms with E-state index in [0.717, 1.165) is 37.9 Å². The highest BCUT2D eigenvalue weighted by Gasteiger charge is 2.20. The molecular weight excluding hydrogens is 442 g/mol. The number of hydrogen-bond donors (Lipinski definition) is 0. The summed E-state index contributed by atoms with van der Waals surface area (Å²) in [5, 5.41) is 0.785. The van der Waals surface area contributed by atoms with Gasteiger partial charge in [0.2, 0.25) is 0 Å². The standard InChI is InChI=1S/C25H20BrNO3/c1-17-23(25(28)30-15-14-29-20-11-7-10-19(26)16-20)21-12-5-6-13-22(21)27-24(17)18-8-3-2-4-9-18/h2-13,16H,14-15H2,1H3. The molecule has 0 bridgehead atoms.